The highest BCUT2D eigenvalue weighted by atomic mass is 16.5. The second-order valence-electron chi connectivity index (χ2n) is 5.98. The van der Waals surface area contributed by atoms with Crippen LogP contribution in [-0.4, -0.2) is 25.2 Å². The van der Waals surface area contributed by atoms with Crippen LogP contribution in [-0.2, 0) is 11.4 Å². The smallest absolute Gasteiger partial charge is 0.336 e. The van der Waals surface area contributed by atoms with Gasteiger partial charge < -0.3 is 18.9 Å². The fourth-order valence-corrected chi connectivity index (χ4v) is 2.51. The molecule has 0 aliphatic carbocycles. The maximum absolute atomic E-state index is 12.1. The highest BCUT2D eigenvalue weighted by Crippen LogP contribution is 2.25. The van der Waals surface area contributed by atoms with Crippen LogP contribution in [0.2, 0.25) is 0 Å². The van der Waals surface area contributed by atoms with Gasteiger partial charge in [0.1, 0.15) is 29.6 Å². The first-order valence-electron chi connectivity index (χ1n) is 8.91. The lowest BCUT2D eigenvalue weighted by Gasteiger charge is -2.08. The summed E-state index contributed by atoms with van der Waals surface area (Å²) >= 11 is 0. The Morgan fingerprint density at radius 1 is 0.897 bits per heavy atom. The van der Waals surface area contributed by atoms with Gasteiger partial charge in [0.15, 0.2) is 0 Å². The van der Waals surface area contributed by atoms with Crippen molar-refractivity contribution in [2.75, 3.05) is 14.2 Å². The predicted molar refractivity (Wildman–Crippen MR) is 109 cm³/mol. The molecule has 3 aromatic rings. The molecule has 3 rings (SSSR count). The highest BCUT2D eigenvalue weighted by Gasteiger charge is 2.05. The summed E-state index contributed by atoms with van der Waals surface area (Å²) in [5.74, 6) is 1.89. The molecule has 0 saturated heterocycles. The van der Waals surface area contributed by atoms with Gasteiger partial charge in [0.05, 0.1) is 14.2 Å². The quantitative estimate of drug-likeness (QED) is 0.324. The Balaban J connectivity index is 1.56. The minimum atomic E-state index is -0.492. The minimum absolute atomic E-state index is 0.428. The largest absolute Gasteiger partial charge is 0.497 e. The zero-order chi connectivity index (χ0) is 20.5. The number of methoxy groups -OCH3 is 2. The second-order valence-corrected chi connectivity index (χ2v) is 5.98. The zero-order valence-corrected chi connectivity index (χ0v) is 16.2. The second kappa shape index (κ2) is 9.94. The van der Waals surface area contributed by atoms with Gasteiger partial charge in [0.2, 0.25) is 0 Å². The van der Waals surface area contributed by atoms with Gasteiger partial charge in [-0.05, 0) is 60.2 Å². The average Bonchev–Trinajstić information content (AvgIpc) is 2.77. The van der Waals surface area contributed by atoms with Gasteiger partial charge >= 0.3 is 5.97 Å². The summed E-state index contributed by atoms with van der Waals surface area (Å²) < 4.78 is 21.5. The zero-order valence-electron chi connectivity index (χ0n) is 16.2. The summed E-state index contributed by atoms with van der Waals surface area (Å²) in [6.07, 6.45) is 6.41. The number of hydrogen-bond donors (Lipinski definition) is 0. The van der Waals surface area contributed by atoms with Gasteiger partial charge in [-0.2, -0.15) is 0 Å². The lowest BCUT2D eigenvalue weighted by atomic mass is 10.2. The third-order valence-electron chi connectivity index (χ3n) is 4.04. The Morgan fingerprint density at radius 3 is 2.28 bits per heavy atom. The van der Waals surface area contributed by atoms with Crippen LogP contribution in [0.15, 0.2) is 73.1 Å². The molecule has 0 fully saturated rings. The average molecular weight is 391 g/mol. The first-order valence-corrected chi connectivity index (χ1v) is 8.91. The summed E-state index contributed by atoms with van der Waals surface area (Å²) in [5.41, 5.74) is 1.76. The third-order valence-corrected chi connectivity index (χ3v) is 4.04. The van der Waals surface area contributed by atoms with Crippen LogP contribution in [0.25, 0.3) is 6.08 Å². The number of carbonyl (C=O) groups is 1. The summed E-state index contributed by atoms with van der Waals surface area (Å²) in [5, 5.41) is 0. The van der Waals surface area contributed by atoms with Gasteiger partial charge in [-0.1, -0.05) is 0 Å². The molecule has 0 atom stereocenters. The Kier molecular flexibility index (Phi) is 6.84. The summed E-state index contributed by atoms with van der Waals surface area (Å²) in [6, 6.07) is 16.0. The lowest BCUT2D eigenvalue weighted by Crippen LogP contribution is -2.03. The van der Waals surface area contributed by atoms with E-state index in [4.69, 9.17) is 18.9 Å². The molecule has 0 radical (unpaired) electrons. The van der Waals surface area contributed by atoms with Crippen molar-refractivity contribution >= 4 is 12.0 Å². The van der Waals surface area contributed by atoms with Crippen molar-refractivity contribution in [1.82, 2.24) is 4.98 Å². The summed E-state index contributed by atoms with van der Waals surface area (Å²) in [7, 11) is 3.14. The van der Waals surface area contributed by atoms with E-state index in [9.17, 15) is 4.79 Å². The van der Waals surface area contributed by atoms with E-state index < -0.39 is 5.97 Å². The molecule has 1 heterocycles. The van der Waals surface area contributed by atoms with Crippen molar-refractivity contribution < 1.29 is 23.7 Å². The molecule has 1 aromatic heterocycles. The molecular weight excluding hydrogens is 370 g/mol. The van der Waals surface area contributed by atoms with E-state index in [1.807, 2.05) is 12.1 Å². The Bertz CT molecular complexity index is 968. The summed E-state index contributed by atoms with van der Waals surface area (Å²) in [6.45, 7) is 0.439. The van der Waals surface area contributed by atoms with Crippen molar-refractivity contribution in [2.45, 2.75) is 6.61 Å². The molecule has 29 heavy (non-hydrogen) atoms. The number of aromatic nitrogens is 1. The molecule has 0 aliphatic rings. The van der Waals surface area contributed by atoms with Crippen LogP contribution in [0.4, 0.5) is 0 Å². The van der Waals surface area contributed by atoms with Crippen molar-refractivity contribution in [3.63, 3.8) is 0 Å². The van der Waals surface area contributed by atoms with Crippen LogP contribution < -0.4 is 18.9 Å². The molecule has 0 N–H and O–H groups in total. The van der Waals surface area contributed by atoms with Crippen LogP contribution in [0.3, 0.4) is 0 Å². The topological polar surface area (TPSA) is 66.9 Å². The molecule has 0 spiro atoms. The molecule has 0 unspecified atom stereocenters. The molecular formula is C23H21NO5. The fraction of sp³-hybridized carbons (Fsp3) is 0.130. The van der Waals surface area contributed by atoms with Crippen LogP contribution in [0, 0.1) is 0 Å². The predicted octanol–water partition coefficient (Wildman–Crippen LogP) is 4.30. The van der Waals surface area contributed by atoms with Crippen molar-refractivity contribution in [1.29, 1.82) is 0 Å². The SMILES string of the molecule is COc1ccc(/C=C/C(=O)Oc2ccc(OCc3ccncc3)cc2)c(OC)c1. The Morgan fingerprint density at radius 2 is 1.59 bits per heavy atom. The Labute approximate surface area is 169 Å². The van der Waals surface area contributed by atoms with Crippen LogP contribution >= 0.6 is 0 Å². The van der Waals surface area contributed by atoms with Gasteiger partial charge in [-0.15, -0.1) is 0 Å². The van der Waals surface area contributed by atoms with Gasteiger partial charge in [-0.25, -0.2) is 4.79 Å². The van der Waals surface area contributed by atoms with Gasteiger partial charge in [0, 0.05) is 30.1 Å². The molecule has 0 aliphatic heterocycles. The maximum Gasteiger partial charge on any atom is 0.336 e. The highest BCUT2D eigenvalue weighted by molar-refractivity contribution is 5.89. The van der Waals surface area contributed by atoms with E-state index in [2.05, 4.69) is 4.98 Å². The maximum atomic E-state index is 12.1. The van der Waals surface area contributed by atoms with Gasteiger partial charge in [-0.3, -0.25) is 4.98 Å². The number of benzene rings is 2. The minimum Gasteiger partial charge on any atom is -0.497 e. The number of rotatable bonds is 8. The molecule has 6 nitrogen and oxygen atoms in total. The molecule has 2 aromatic carbocycles. The van der Waals surface area contributed by atoms with Crippen LogP contribution in [0.5, 0.6) is 23.0 Å². The molecule has 0 saturated carbocycles. The first kappa shape index (κ1) is 19.9. The first-order chi connectivity index (χ1) is 14.2. The summed E-state index contributed by atoms with van der Waals surface area (Å²) in [4.78, 5) is 16.1. The van der Waals surface area contributed by atoms with E-state index >= 15 is 0 Å². The van der Waals surface area contributed by atoms with E-state index in [1.165, 1.54) is 6.08 Å². The number of pyridine rings is 1. The number of hydrogen-bond acceptors (Lipinski definition) is 6. The number of nitrogens with zero attached hydrogens (tertiary/aromatic N) is 1. The van der Waals surface area contributed by atoms with Crippen molar-refractivity contribution in [3.8, 4) is 23.0 Å². The lowest BCUT2D eigenvalue weighted by molar-refractivity contribution is -0.128. The monoisotopic (exact) mass is 391 g/mol. The van der Waals surface area contributed by atoms with E-state index in [0.717, 1.165) is 11.1 Å². The standard InChI is InChI=1S/C23H21NO5/c1-26-21-5-3-18(22(15-21)27-2)4-10-23(25)29-20-8-6-19(7-9-20)28-16-17-11-13-24-14-12-17/h3-15H,16H2,1-2H3/b10-4+. The van der Waals surface area contributed by atoms with Crippen molar-refractivity contribution in [3.05, 3.63) is 84.2 Å². The fourth-order valence-electron chi connectivity index (χ4n) is 2.51. The molecule has 6 heteroatoms. The molecule has 0 bridgehead atoms. The van der Waals surface area contributed by atoms with E-state index in [-0.39, 0.29) is 0 Å². The third kappa shape index (κ3) is 5.84. The number of carbonyl (C=O) groups excluding carboxylic acids is 1. The normalized spacial score (nSPS) is 10.6. The van der Waals surface area contributed by atoms with Gasteiger partial charge in [0.25, 0.3) is 0 Å². The number of ether oxygens (including phenoxy) is 4. The van der Waals surface area contributed by atoms with E-state index in [0.29, 0.717) is 29.6 Å². The van der Waals surface area contributed by atoms with Crippen LogP contribution in [0.1, 0.15) is 11.1 Å². The van der Waals surface area contributed by atoms with E-state index in [1.54, 1.807) is 75.2 Å². The number of esters is 1. The molecule has 148 valence electrons. The van der Waals surface area contributed by atoms with Crippen molar-refractivity contribution in [2.24, 2.45) is 0 Å². The molecule has 0 amide bonds. The Hall–Kier alpha value is -3.80.